The first kappa shape index (κ1) is 18.8. The van der Waals surface area contributed by atoms with Gasteiger partial charge in [0, 0.05) is 32.1 Å². The Balaban J connectivity index is 1.31. The van der Waals surface area contributed by atoms with Crippen molar-refractivity contribution in [2.75, 3.05) is 13.2 Å². The van der Waals surface area contributed by atoms with E-state index in [1.807, 2.05) is 17.5 Å². The molecule has 0 aliphatic rings. The lowest BCUT2D eigenvalue weighted by atomic mass is 10.3. The highest BCUT2D eigenvalue weighted by atomic mass is 32.1. The molecule has 0 spiro atoms. The lowest BCUT2D eigenvalue weighted by Gasteiger charge is -2.05. The maximum Gasteiger partial charge on any atom is 0.350 e. The molecule has 3 aromatic rings. The van der Waals surface area contributed by atoms with E-state index >= 15 is 0 Å². The van der Waals surface area contributed by atoms with E-state index in [-0.39, 0.29) is 30.6 Å². The van der Waals surface area contributed by atoms with Gasteiger partial charge in [0.05, 0.1) is 11.5 Å². The third-order valence-corrected chi connectivity index (χ3v) is 4.72. The number of carbonyl (C=O) groups is 2. The normalized spacial score (nSPS) is 10.8. The van der Waals surface area contributed by atoms with Gasteiger partial charge in [0.2, 0.25) is 0 Å². The lowest BCUT2D eigenvalue weighted by molar-refractivity contribution is -0.143. The van der Waals surface area contributed by atoms with Crippen LogP contribution in [-0.4, -0.2) is 39.2 Å². The van der Waals surface area contributed by atoms with Crippen LogP contribution in [0.1, 0.15) is 28.9 Å². The number of ether oxygens (including phenoxy) is 1. The number of pyridine rings is 1. The molecule has 8 nitrogen and oxygen atoms in total. The van der Waals surface area contributed by atoms with Gasteiger partial charge in [-0.3, -0.25) is 14.0 Å². The summed E-state index contributed by atoms with van der Waals surface area (Å²) >= 11 is 1.37. The first-order chi connectivity index (χ1) is 13.1. The van der Waals surface area contributed by atoms with Crippen LogP contribution in [0, 0.1) is 0 Å². The quantitative estimate of drug-likeness (QED) is 0.445. The average Bonchev–Trinajstić information content (AvgIpc) is 3.31. The van der Waals surface area contributed by atoms with E-state index in [0.717, 1.165) is 0 Å². The van der Waals surface area contributed by atoms with Crippen molar-refractivity contribution in [1.82, 2.24) is 19.5 Å². The molecule has 9 heteroatoms. The highest BCUT2D eigenvalue weighted by Crippen LogP contribution is 2.07. The molecule has 0 aromatic carbocycles. The van der Waals surface area contributed by atoms with E-state index in [2.05, 4.69) is 10.4 Å². The van der Waals surface area contributed by atoms with Gasteiger partial charge in [0.1, 0.15) is 0 Å². The molecule has 3 rings (SSSR count). The molecular weight excluding hydrogens is 368 g/mol. The topological polar surface area (TPSA) is 94.7 Å². The summed E-state index contributed by atoms with van der Waals surface area (Å²) in [5, 5.41) is 8.82. The van der Waals surface area contributed by atoms with Crippen LogP contribution in [0.25, 0.3) is 5.65 Å². The van der Waals surface area contributed by atoms with Gasteiger partial charge in [-0.15, -0.1) is 16.4 Å². The highest BCUT2D eigenvalue weighted by molar-refractivity contribution is 7.12. The average molecular weight is 388 g/mol. The zero-order valence-electron chi connectivity index (χ0n) is 14.7. The van der Waals surface area contributed by atoms with Gasteiger partial charge in [0.25, 0.3) is 5.91 Å². The number of fused-ring (bicyclic) bond motifs is 1. The summed E-state index contributed by atoms with van der Waals surface area (Å²) < 4.78 is 7.99. The number of carbonyl (C=O) groups excluding carboxylic acids is 2. The van der Waals surface area contributed by atoms with Crippen molar-refractivity contribution in [2.45, 2.75) is 25.8 Å². The largest absolute Gasteiger partial charge is 0.466 e. The predicted molar refractivity (Wildman–Crippen MR) is 101 cm³/mol. The first-order valence-electron chi connectivity index (χ1n) is 8.66. The van der Waals surface area contributed by atoms with Crippen molar-refractivity contribution in [3.8, 4) is 0 Å². The van der Waals surface area contributed by atoms with Gasteiger partial charge in [-0.1, -0.05) is 12.1 Å². The number of nitrogens with zero attached hydrogens (tertiary/aromatic N) is 3. The number of rotatable bonds is 9. The number of hydrogen-bond acceptors (Lipinski definition) is 6. The molecule has 0 fully saturated rings. The minimum Gasteiger partial charge on any atom is -0.466 e. The summed E-state index contributed by atoms with van der Waals surface area (Å²) in [4.78, 5) is 36.2. The van der Waals surface area contributed by atoms with Crippen molar-refractivity contribution < 1.29 is 14.3 Å². The number of aromatic nitrogens is 3. The van der Waals surface area contributed by atoms with Crippen LogP contribution in [-0.2, 0) is 16.1 Å². The molecule has 142 valence electrons. The summed E-state index contributed by atoms with van der Waals surface area (Å²) in [5.74, 6) is -0.445. The number of nitrogens with one attached hydrogen (secondary N) is 1. The van der Waals surface area contributed by atoms with Crippen LogP contribution in [0.3, 0.4) is 0 Å². The van der Waals surface area contributed by atoms with Crippen LogP contribution >= 0.6 is 11.3 Å². The zero-order valence-corrected chi connectivity index (χ0v) is 15.5. The lowest BCUT2D eigenvalue weighted by Crippen LogP contribution is -2.24. The Morgan fingerprint density at radius 1 is 1.19 bits per heavy atom. The number of hydrogen-bond donors (Lipinski definition) is 1. The van der Waals surface area contributed by atoms with Crippen LogP contribution in [0.2, 0.25) is 0 Å². The fourth-order valence-electron chi connectivity index (χ4n) is 2.52. The van der Waals surface area contributed by atoms with E-state index in [0.29, 0.717) is 36.5 Å². The minimum atomic E-state index is -0.317. The van der Waals surface area contributed by atoms with Gasteiger partial charge in [-0.2, -0.15) is 0 Å². The Morgan fingerprint density at radius 3 is 2.85 bits per heavy atom. The molecule has 0 saturated heterocycles. The van der Waals surface area contributed by atoms with Crippen molar-refractivity contribution in [1.29, 1.82) is 0 Å². The molecule has 0 saturated carbocycles. The highest BCUT2D eigenvalue weighted by Gasteiger charge is 2.08. The van der Waals surface area contributed by atoms with Crippen molar-refractivity contribution in [2.24, 2.45) is 0 Å². The van der Waals surface area contributed by atoms with Gasteiger partial charge >= 0.3 is 11.7 Å². The molecule has 27 heavy (non-hydrogen) atoms. The Kier molecular flexibility index (Phi) is 6.37. The second kappa shape index (κ2) is 9.13. The van der Waals surface area contributed by atoms with Gasteiger partial charge < -0.3 is 10.1 Å². The van der Waals surface area contributed by atoms with Crippen molar-refractivity contribution >= 4 is 28.9 Å². The molecular formula is C18H20N4O4S. The summed E-state index contributed by atoms with van der Waals surface area (Å²) in [6, 6.07) is 8.91. The minimum absolute atomic E-state index is 0.128. The molecule has 0 atom stereocenters. The second-order valence-corrected chi connectivity index (χ2v) is 6.79. The third-order valence-electron chi connectivity index (χ3n) is 3.85. The Hall–Kier alpha value is -2.94. The molecule has 3 heterocycles. The summed E-state index contributed by atoms with van der Waals surface area (Å²) in [6.07, 6.45) is 2.92. The predicted octanol–water partition coefficient (Wildman–Crippen LogP) is 1.70. The molecule has 3 aromatic heterocycles. The van der Waals surface area contributed by atoms with Crippen molar-refractivity contribution in [3.05, 3.63) is 57.3 Å². The first-order valence-corrected chi connectivity index (χ1v) is 9.54. The Labute approximate surface area is 159 Å². The van der Waals surface area contributed by atoms with E-state index in [1.54, 1.807) is 24.4 Å². The smallest absolute Gasteiger partial charge is 0.350 e. The third kappa shape index (κ3) is 5.04. The standard InChI is InChI=1S/C18H20N4O4S/c23-16(8-3-9-19-17(24)14-6-4-13-27-14)26-12-5-11-22-18(25)21-10-2-1-7-15(21)20-22/h1-2,4,6-7,10,13H,3,5,8-9,11-12H2,(H,19,24). The number of amides is 1. The number of aryl methyl sites for hydroxylation is 1. The van der Waals surface area contributed by atoms with Crippen LogP contribution < -0.4 is 11.0 Å². The molecule has 0 aliphatic heterocycles. The summed E-state index contributed by atoms with van der Waals surface area (Å²) in [6.45, 7) is 1.02. The van der Waals surface area contributed by atoms with Crippen LogP contribution in [0.15, 0.2) is 46.7 Å². The molecule has 0 bridgehead atoms. The van der Waals surface area contributed by atoms with E-state index in [4.69, 9.17) is 4.74 Å². The molecule has 0 unspecified atom stereocenters. The van der Waals surface area contributed by atoms with E-state index in [9.17, 15) is 14.4 Å². The van der Waals surface area contributed by atoms with Gasteiger partial charge in [-0.05, 0) is 30.0 Å². The second-order valence-electron chi connectivity index (χ2n) is 5.85. The molecule has 0 aliphatic carbocycles. The fraction of sp³-hybridized carbons (Fsp3) is 0.333. The number of thiophene rings is 1. The van der Waals surface area contributed by atoms with Gasteiger partial charge in [-0.25, -0.2) is 9.48 Å². The Morgan fingerprint density at radius 2 is 2.07 bits per heavy atom. The van der Waals surface area contributed by atoms with Gasteiger partial charge in [0.15, 0.2) is 5.65 Å². The molecule has 1 N–H and O–H groups in total. The van der Waals surface area contributed by atoms with E-state index in [1.165, 1.54) is 20.4 Å². The van der Waals surface area contributed by atoms with E-state index < -0.39 is 0 Å². The molecule has 0 radical (unpaired) electrons. The molecule has 1 amide bonds. The summed E-state index contributed by atoms with van der Waals surface area (Å²) in [7, 11) is 0. The van der Waals surface area contributed by atoms with Crippen molar-refractivity contribution in [3.63, 3.8) is 0 Å². The Bertz CT molecular complexity index is 961. The monoisotopic (exact) mass is 388 g/mol. The fourth-order valence-corrected chi connectivity index (χ4v) is 3.16. The van der Waals surface area contributed by atoms with Crippen LogP contribution in [0.4, 0.5) is 0 Å². The van der Waals surface area contributed by atoms with Crippen LogP contribution in [0.5, 0.6) is 0 Å². The maximum atomic E-state index is 12.1. The maximum absolute atomic E-state index is 12.1. The number of esters is 1. The summed E-state index contributed by atoms with van der Waals surface area (Å²) in [5.41, 5.74) is 0.377. The SMILES string of the molecule is O=C(CCCNC(=O)c1cccs1)OCCCn1nc2ccccn2c1=O. The zero-order chi connectivity index (χ0) is 19.1.